The van der Waals surface area contributed by atoms with E-state index in [2.05, 4.69) is 0 Å². The van der Waals surface area contributed by atoms with E-state index in [0.717, 1.165) is 23.1 Å². The zero-order valence-electron chi connectivity index (χ0n) is 17.7. The number of halogens is 1. The highest BCUT2D eigenvalue weighted by atomic mass is 35.5. The lowest BCUT2D eigenvalue weighted by Gasteiger charge is -2.17. The first-order valence-corrected chi connectivity index (χ1v) is 11.0. The predicted octanol–water partition coefficient (Wildman–Crippen LogP) is 5.67. The Hall–Kier alpha value is -3.04. The number of non-ortho nitro benzene ring substituents is 1. The van der Waals surface area contributed by atoms with Crippen LogP contribution in [0.4, 0.5) is 10.5 Å². The first kappa shape index (κ1) is 23.6. The summed E-state index contributed by atoms with van der Waals surface area (Å²) in [5, 5.41) is 10.7. The molecule has 2 aromatic carbocycles. The second-order valence-corrected chi connectivity index (χ2v) is 8.46. The van der Waals surface area contributed by atoms with Gasteiger partial charge in [-0.15, -0.1) is 0 Å². The molecule has 2 amide bonds. The molecule has 0 aliphatic carbocycles. The quantitative estimate of drug-likeness (QED) is 0.275. The van der Waals surface area contributed by atoms with Crippen LogP contribution < -0.4 is 9.47 Å². The Morgan fingerprint density at radius 1 is 1.25 bits per heavy atom. The van der Waals surface area contributed by atoms with E-state index in [1.165, 1.54) is 31.4 Å². The highest BCUT2D eigenvalue weighted by Crippen LogP contribution is 2.39. The largest absolute Gasteiger partial charge is 0.493 e. The minimum atomic E-state index is -0.509. The van der Waals surface area contributed by atoms with Crippen molar-refractivity contribution in [3.63, 3.8) is 0 Å². The van der Waals surface area contributed by atoms with Gasteiger partial charge in [0.2, 0.25) is 0 Å². The Labute approximate surface area is 194 Å². The molecule has 32 heavy (non-hydrogen) atoms. The van der Waals surface area contributed by atoms with Gasteiger partial charge in [0, 0.05) is 12.1 Å². The number of nitrogens with zero attached hydrogens (tertiary/aromatic N) is 2. The van der Waals surface area contributed by atoms with Crippen LogP contribution in [0.3, 0.4) is 0 Å². The lowest BCUT2D eigenvalue weighted by molar-refractivity contribution is -0.384. The molecule has 0 bridgehead atoms. The van der Waals surface area contributed by atoms with Crippen molar-refractivity contribution in [2.24, 2.45) is 0 Å². The zero-order chi connectivity index (χ0) is 23.4. The van der Waals surface area contributed by atoms with Crippen molar-refractivity contribution in [2.45, 2.75) is 32.9 Å². The van der Waals surface area contributed by atoms with Gasteiger partial charge in [0.15, 0.2) is 11.5 Å². The normalized spacial score (nSPS) is 15.9. The molecule has 2 aromatic rings. The van der Waals surface area contributed by atoms with Gasteiger partial charge in [0.25, 0.3) is 16.8 Å². The topological polar surface area (TPSA) is 99.0 Å². The van der Waals surface area contributed by atoms with Gasteiger partial charge in [0.1, 0.15) is 0 Å². The smallest absolute Gasteiger partial charge is 0.293 e. The lowest BCUT2D eigenvalue weighted by atomic mass is 10.1. The molecule has 168 valence electrons. The third-order valence-corrected chi connectivity index (χ3v) is 5.99. The fourth-order valence-electron chi connectivity index (χ4n) is 2.92. The SMILES string of the molecule is CC[C@H](C)Oc1c(Cl)cc(/C=C2\SC(=O)N(Cc3ccc([N+](=O)[O-])cc3)C2=O)cc1OC. The van der Waals surface area contributed by atoms with Gasteiger partial charge in [-0.25, -0.2) is 0 Å². The van der Waals surface area contributed by atoms with Crippen LogP contribution in [0.25, 0.3) is 6.08 Å². The zero-order valence-corrected chi connectivity index (χ0v) is 19.2. The summed E-state index contributed by atoms with van der Waals surface area (Å²) < 4.78 is 11.2. The molecule has 8 nitrogen and oxygen atoms in total. The summed E-state index contributed by atoms with van der Waals surface area (Å²) in [5.74, 6) is 0.398. The number of hydrogen-bond acceptors (Lipinski definition) is 7. The van der Waals surface area contributed by atoms with Crippen LogP contribution in [-0.2, 0) is 11.3 Å². The van der Waals surface area contributed by atoms with Crippen LogP contribution in [0.15, 0.2) is 41.3 Å². The Morgan fingerprint density at radius 2 is 1.94 bits per heavy atom. The van der Waals surface area contributed by atoms with E-state index in [0.29, 0.717) is 27.6 Å². The average molecular weight is 477 g/mol. The second-order valence-electron chi connectivity index (χ2n) is 7.06. The van der Waals surface area contributed by atoms with E-state index < -0.39 is 16.1 Å². The molecular weight excluding hydrogens is 456 g/mol. The molecule has 1 fully saturated rings. The van der Waals surface area contributed by atoms with Crippen molar-refractivity contribution >= 4 is 46.3 Å². The number of amides is 2. The molecule has 1 saturated heterocycles. The van der Waals surface area contributed by atoms with Crippen LogP contribution in [0.2, 0.25) is 5.02 Å². The monoisotopic (exact) mass is 476 g/mol. The summed E-state index contributed by atoms with van der Waals surface area (Å²) >= 11 is 7.20. The molecule has 0 unspecified atom stereocenters. The van der Waals surface area contributed by atoms with E-state index in [-0.39, 0.29) is 23.2 Å². The molecule has 1 aliphatic rings. The van der Waals surface area contributed by atoms with Gasteiger partial charge in [0.05, 0.1) is 34.6 Å². The maximum atomic E-state index is 12.8. The number of methoxy groups -OCH3 is 1. The van der Waals surface area contributed by atoms with Gasteiger partial charge in [-0.2, -0.15) is 0 Å². The number of carbonyl (C=O) groups is 2. The standard InChI is InChI=1S/C22H21ClN2O6S/c1-4-13(2)31-20-17(23)9-15(10-18(20)30-3)11-19-21(26)24(22(27)32-19)12-14-5-7-16(8-6-14)25(28)29/h5-11,13H,4,12H2,1-3H3/b19-11-/t13-/m0/s1. The van der Waals surface area contributed by atoms with E-state index in [1.807, 2.05) is 13.8 Å². The molecule has 3 rings (SSSR count). The lowest BCUT2D eigenvalue weighted by Crippen LogP contribution is -2.27. The highest BCUT2D eigenvalue weighted by Gasteiger charge is 2.35. The highest BCUT2D eigenvalue weighted by molar-refractivity contribution is 8.18. The second kappa shape index (κ2) is 10.1. The predicted molar refractivity (Wildman–Crippen MR) is 123 cm³/mol. The van der Waals surface area contributed by atoms with E-state index in [9.17, 15) is 19.7 Å². The first-order valence-electron chi connectivity index (χ1n) is 9.76. The van der Waals surface area contributed by atoms with Crippen molar-refractivity contribution in [1.82, 2.24) is 4.90 Å². The Balaban J connectivity index is 1.82. The Kier molecular flexibility index (Phi) is 7.42. The van der Waals surface area contributed by atoms with Gasteiger partial charge in [-0.05, 0) is 54.4 Å². The molecule has 1 aliphatic heterocycles. The Morgan fingerprint density at radius 3 is 2.53 bits per heavy atom. The molecule has 1 atom stereocenters. The number of imide groups is 1. The number of nitro benzene ring substituents is 1. The average Bonchev–Trinajstić information content (AvgIpc) is 3.02. The molecule has 10 heteroatoms. The number of ether oxygens (including phenoxy) is 2. The third-order valence-electron chi connectivity index (χ3n) is 4.80. The number of nitro groups is 1. The van der Waals surface area contributed by atoms with Crippen LogP contribution in [-0.4, -0.2) is 34.2 Å². The number of rotatable bonds is 8. The summed E-state index contributed by atoms with van der Waals surface area (Å²) in [6.07, 6.45) is 2.31. The summed E-state index contributed by atoms with van der Waals surface area (Å²) in [6.45, 7) is 3.93. The maximum absolute atomic E-state index is 12.8. The van der Waals surface area contributed by atoms with Gasteiger partial charge in [-0.1, -0.05) is 30.7 Å². The first-order chi connectivity index (χ1) is 15.2. The van der Waals surface area contributed by atoms with Gasteiger partial charge in [-0.3, -0.25) is 24.6 Å². The van der Waals surface area contributed by atoms with E-state index in [4.69, 9.17) is 21.1 Å². The summed E-state index contributed by atoms with van der Waals surface area (Å²) in [6, 6.07) is 9.04. The molecule has 0 radical (unpaired) electrons. The number of hydrogen-bond donors (Lipinski definition) is 0. The van der Waals surface area contributed by atoms with Crippen molar-refractivity contribution in [1.29, 1.82) is 0 Å². The van der Waals surface area contributed by atoms with Crippen LogP contribution in [0.5, 0.6) is 11.5 Å². The summed E-state index contributed by atoms with van der Waals surface area (Å²) in [7, 11) is 1.50. The molecule has 0 N–H and O–H groups in total. The molecule has 0 aromatic heterocycles. The van der Waals surface area contributed by atoms with Crippen LogP contribution in [0, 0.1) is 10.1 Å². The molecule has 1 heterocycles. The van der Waals surface area contributed by atoms with E-state index in [1.54, 1.807) is 18.2 Å². The Bertz CT molecular complexity index is 1090. The van der Waals surface area contributed by atoms with Crippen molar-refractivity contribution in [3.05, 3.63) is 67.6 Å². The number of carbonyl (C=O) groups excluding carboxylic acids is 2. The maximum Gasteiger partial charge on any atom is 0.293 e. The van der Waals surface area contributed by atoms with Crippen molar-refractivity contribution < 1.29 is 24.0 Å². The van der Waals surface area contributed by atoms with Crippen LogP contribution >= 0.6 is 23.4 Å². The number of thioether (sulfide) groups is 1. The minimum absolute atomic E-state index is 0.0196. The number of benzene rings is 2. The van der Waals surface area contributed by atoms with Gasteiger partial charge >= 0.3 is 0 Å². The van der Waals surface area contributed by atoms with Crippen molar-refractivity contribution in [3.8, 4) is 11.5 Å². The van der Waals surface area contributed by atoms with Crippen molar-refractivity contribution in [2.75, 3.05) is 7.11 Å². The molecular formula is C22H21ClN2O6S. The minimum Gasteiger partial charge on any atom is -0.493 e. The third kappa shape index (κ3) is 5.23. The van der Waals surface area contributed by atoms with E-state index >= 15 is 0 Å². The van der Waals surface area contributed by atoms with Crippen LogP contribution in [0.1, 0.15) is 31.4 Å². The summed E-state index contributed by atoms with van der Waals surface area (Å²) in [4.78, 5) is 36.8. The van der Waals surface area contributed by atoms with Gasteiger partial charge < -0.3 is 9.47 Å². The molecule has 0 spiro atoms. The molecule has 0 saturated carbocycles. The fraction of sp³-hybridized carbons (Fsp3) is 0.273. The summed E-state index contributed by atoms with van der Waals surface area (Å²) in [5.41, 5.74) is 1.13. The fourth-order valence-corrected chi connectivity index (χ4v) is 4.02.